The third-order valence-electron chi connectivity index (χ3n) is 6.38. The maximum atomic E-state index is 12.3. The molecule has 0 radical (unpaired) electrons. The topological polar surface area (TPSA) is 17.1 Å². The van der Waals surface area contributed by atoms with Gasteiger partial charge in [0.1, 0.15) is 0 Å². The molecule has 0 bridgehead atoms. The van der Waals surface area contributed by atoms with Gasteiger partial charge in [0.25, 0.3) is 0 Å². The second kappa shape index (κ2) is 8.75. The zero-order chi connectivity index (χ0) is 20.1. The molecule has 0 spiro atoms. The Hall–Kier alpha value is -2.71. The van der Waals surface area contributed by atoms with Crippen LogP contribution in [0.4, 0.5) is 0 Å². The Balaban J connectivity index is 1.56. The van der Waals surface area contributed by atoms with E-state index in [4.69, 9.17) is 0 Å². The molecule has 0 fully saturated rings. The zero-order valence-electron chi connectivity index (χ0n) is 17.2. The number of fused-ring (bicyclic) bond motifs is 1. The fourth-order valence-electron chi connectivity index (χ4n) is 4.87. The lowest BCUT2D eigenvalue weighted by Gasteiger charge is -2.36. The number of likely N-dealkylation sites (N-methyl/N-ethyl adjacent to an activating group) is 1. The fraction of sp³-hybridized carbons (Fsp3) is 0.296. The molecule has 0 saturated carbocycles. The molecular formula is C27H30NO+. The lowest BCUT2D eigenvalue weighted by molar-refractivity contribution is -0.830. The van der Waals surface area contributed by atoms with Crippen LogP contribution in [-0.2, 0) is 17.6 Å². The summed E-state index contributed by atoms with van der Waals surface area (Å²) in [7, 11) is 2.10. The van der Waals surface area contributed by atoms with Crippen molar-refractivity contribution in [3.05, 3.63) is 107 Å². The molecule has 0 aliphatic heterocycles. The minimum absolute atomic E-state index is 0.212. The zero-order valence-corrected chi connectivity index (χ0v) is 17.2. The van der Waals surface area contributed by atoms with Crippen molar-refractivity contribution in [2.24, 2.45) is 5.92 Å². The average molecular weight is 385 g/mol. The Morgan fingerprint density at radius 2 is 1.41 bits per heavy atom. The van der Waals surface area contributed by atoms with Gasteiger partial charge in [-0.05, 0) is 41.5 Å². The van der Waals surface area contributed by atoms with Crippen LogP contribution in [0.1, 0.15) is 34.6 Å². The highest BCUT2D eigenvalue weighted by molar-refractivity contribution is 5.39. The Morgan fingerprint density at radius 3 is 2.00 bits per heavy atom. The normalized spacial score (nSPS) is 18.1. The first-order valence-electron chi connectivity index (χ1n) is 10.6. The molecule has 1 aliphatic carbocycles. The summed E-state index contributed by atoms with van der Waals surface area (Å²) in [5, 5.41) is 0. The van der Waals surface area contributed by atoms with Crippen LogP contribution < -0.4 is 0 Å². The number of nitrogens with zero attached hydrogens (tertiary/aromatic N) is 1. The maximum Gasteiger partial charge on any atom is 0.301 e. The van der Waals surface area contributed by atoms with E-state index in [0.29, 0.717) is 10.4 Å². The quantitative estimate of drug-likeness (QED) is 0.403. The average Bonchev–Trinajstić information content (AvgIpc) is 2.79. The maximum absolute atomic E-state index is 12.3. The highest BCUT2D eigenvalue weighted by Gasteiger charge is 2.32. The van der Waals surface area contributed by atoms with E-state index in [0.717, 1.165) is 25.9 Å². The second-order valence-corrected chi connectivity index (χ2v) is 8.70. The Kier molecular flexibility index (Phi) is 5.92. The van der Waals surface area contributed by atoms with Gasteiger partial charge in [-0.2, -0.15) is 0 Å². The number of aryl methyl sites for hydroxylation is 1. The van der Waals surface area contributed by atoms with Crippen LogP contribution in [-0.4, -0.2) is 31.0 Å². The van der Waals surface area contributed by atoms with Crippen molar-refractivity contribution in [3.63, 3.8) is 0 Å². The minimum atomic E-state index is 0.212. The predicted molar refractivity (Wildman–Crippen MR) is 119 cm³/mol. The molecule has 0 aromatic heterocycles. The number of hydrogen-bond acceptors (Lipinski definition) is 1. The summed E-state index contributed by atoms with van der Waals surface area (Å²) in [5.41, 5.74) is 5.50. The first kappa shape index (κ1) is 19.6. The number of benzene rings is 3. The second-order valence-electron chi connectivity index (χ2n) is 8.70. The van der Waals surface area contributed by atoms with Crippen molar-refractivity contribution in [2.45, 2.75) is 25.2 Å². The first-order chi connectivity index (χ1) is 14.2. The Labute approximate surface area is 174 Å². The van der Waals surface area contributed by atoms with Crippen molar-refractivity contribution in [3.8, 4) is 0 Å². The van der Waals surface area contributed by atoms with E-state index in [1.807, 2.05) is 0 Å². The summed E-state index contributed by atoms with van der Waals surface area (Å²) >= 11 is 0. The molecule has 2 heteroatoms. The van der Waals surface area contributed by atoms with Gasteiger partial charge in [0.15, 0.2) is 0 Å². The van der Waals surface area contributed by atoms with Gasteiger partial charge in [0.05, 0.1) is 26.1 Å². The molecule has 148 valence electrons. The lowest BCUT2D eigenvalue weighted by Crippen LogP contribution is -2.49. The molecule has 2 atom stereocenters. The third-order valence-corrected chi connectivity index (χ3v) is 6.38. The highest BCUT2D eigenvalue weighted by atomic mass is 16.1. The standard InChI is InChI=1S/C27H30NO/c1-28(21-29,19-22-16-17-23-10-8-9-15-26(23)18-22)20-27(24-11-4-2-5-12-24)25-13-6-3-7-14-25/h2-15,21-22,27H,16-20H2,1H3/q+1. The summed E-state index contributed by atoms with van der Waals surface area (Å²) in [5.74, 6) is 0.760. The van der Waals surface area contributed by atoms with Crippen molar-refractivity contribution >= 4 is 6.41 Å². The van der Waals surface area contributed by atoms with Gasteiger partial charge in [-0.1, -0.05) is 84.9 Å². The molecule has 0 saturated heterocycles. The van der Waals surface area contributed by atoms with Gasteiger partial charge in [0, 0.05) is 5.92 Å². The molecule has 4 rings (SSSR count). The van der Waals surface area contributed by atoms with Crippen LogP contribution in [0.15, 0.2) is 84.9 Å². The van der Waals surface area contributed by atoms with E-state index >= 15 is 0 Å². The molecular weight excluding hydrogens is 354 g/mol. The number of rotatable bonds is 7. The lowest BCUT2D eigenvalue weighted by atomic mass is 9.83. The number of carbonyl (C=O) groups is 1. The van der Waals surface area contributed by atoms with Crippen molar-refractivity contribution < 1.29 is 9.28 Å². The van der Waals surface area contributed by atoms with Gasteiger partial charge in [0.2, 0.25) is 0 Å². The number of quaternary nitrogens is 1. The molecule has 29 heavy (non-hydrogen) atoms. The summed E-state index contributed by atoms with van der Waals surface area (Å²) in [6.07, 6.45) is 4.54. The minimum Gasteiger partial charge on any atom is -0.265 e. The first-order valence-corrected chi connectivity index (χ1v) is 10.6. The molecule has 1 amide bonds. The Morgan fingerprint density at radius 1 is 0.862 bits per heavy atom. The number of carbonyl (C=O) groups excluding carboxylic acids is 1. The van der Waals surface area contributed by atoms with Crippen molar-refractivity contribution in [1.29, 1.82) is 0 Å². The summed E-state index contributed by atoms with van der Waals surface area (Å²) in [4.78, 5) is 12.3. The fourth-order valence-corrected chi connectivity index (χ4v) is 4.87. The van der Waals surface area contributed by atoms with Gasteiger partial charge in [-0.15, -0.1) is 0 Å². The largest absolute Gasteiger partial charge is 0.301 e. The molecule has 2 unspecified atom stereocenters. The smallest absolute Gasteiger partial charge is 0.265 e. The predicted octanol–water partition coefficient (Wildman–Crippen LogP) is 5.23. The summed E-state index contributed by atoms with van der Waals surface area (Å²) < 4.78 is 0.446. The van der Waals surface area contributed by atoms with Crippen LogP contribution >= 0.6 is 0 Å². The molecule has 0 N–H and O–H groups in total. The summed E-state index contributed by atoms with van der Waals surface area (Å²) in [6, 6.07) is 30.0. The molecule has 3 aromatic rings. The van der Waals surface area contributed by atoms with E-state index in [-0.39, 0.29) is 5.92 Å². The molecule has 1 aliphatic rings. The molecule has 3 aromatic carbocycles. The summed E-state index contributed by atoms with van der Waals surface area (Å²) in [6.45, 7) is 1.68. The number of amides is 1. The van der Waals surface area contributed by atoms with E-state index in [2.05, 4.69) is 92.0 Å². The molecule has 0 heterocycles. The van der Waals surface area contributed by atoms with E-state index in [9.17, 15) is 4.79 Å². The third kappa shape index (κ3) is 4.65. The van der Waals surface area contributed by atoms with Crippen molar-refractivity contribution in [1.82, 2.24) is 0 Å². The van der Waals surface area contributed by atoms with Crippen LogP contribution in [0.25, 0.3) is 0 Å². The number of hydrogen-bond donors (Lipinski definition) is 0. The van der Waals surface area contributed by atoms with Gasteiger partial charge in [-0.25, -0.2) is 4.79 Å². The van der Waals surface area contributed by atoms with Gasteiger partial charge in [-0.3, -0.25) is 4.48 Å². The highest BCUT2D eigenvalue weighted by Crippen LogP contribution is 2.31. The van der Waals surface area contributed by atoms with E-state index in [1.54, 1.807) is 0 Å². The van der Waals surface area contributed by atoms with E-state index < -0.39 is 0 Å². The Bertz CT molecular complexity index is 898. The van der Waals surface area contributed by atoms with Crippen LogP contribution in [0.3, 0.4) is 0 Å². The van der Waals surface area contributed by atoms with Gasteiger partial charge < -0.3 is 0 Å². The van der Waals surface area contributed by atoms with Crippen LogP contribution in [0, 0.1) is 5.92 Å². The van der Waals surface area contributed by atoms with Crippen LogP contribution in [0.5, 0.6) is 0 Å². The van der Waals surface area contributed by atoms with Gasteiger partial charge >= 0.3 is 6.41 Å². The van der Waals surface area contributed by atoms with Crippen LogP contribution in [0.2, 0.25) is 0 Å². The van der Waals surface area contributed by atoms with E-state index in [1.165, 1.54) is 35.1 Å². The molecule has 2 nitrogen and oxygen atoms in total. The monoisotopic (exact) mass is 384 g/mol. The van der Waals surface area contributed by atoms with Crippen molar-refractivity contribution in [2.75, 3.05) is 20.1 Å². The SMILES string of the molecule is C[N+](C=O)(CC1CCc2ccccc2C1)CC(c1ccccc1)c1ccccc1.